The summed E-state index contributed by atoms with van der Waals surface area (Å²) in [6, 6.07) is 10.8. The van der Waals surface area contributed by atoms with Crippen molar-refractivity contribution in [2.75, 3.05) is 19.4 Å². The van der Waals surface area contributed by atoms with Crippen LogP contribution in [0.4, 0.5) is 4.79 Å². The van der Waals surface area contributed by atoms with Crippen LogP contribution in [0.1, 0.15) is 79.0 Å². The van der Waals surface area contributed by atoms with E-state index in [9.17, 15) is 4.79 Å². The monoisotopic (exact) mass is 689 g/mol. The third-order valence-electron chi connectivity index (χ3n) is 8.25. The Bertz CT molecular complexity index is 1360. The first-order valence-corrected chi connectivity index (χ1v) is 22.2. The molecule has 1 saturated heterocycles. The number of thiocarbonyl (C=S) groups is 1. The number of likely N-dealkylation sites (tertiary alicyclic amines) is 1. The van der Waals surface area contributed by atoms with Gasteiger partial charge in [-0.2, -0.15) is 0 Å². The summed E-state index contributed by atoms with van der Waals surface area (Å²) >= 11 is 7.04. The van der Waals surface area contributed by atoms with Crippen molar-refractivity contribution in [1.29, 1.82) is 0 Å². The van der Waals surface area contributed by atoms with E-state index in [0.717, 1.165) is 21.9 Å². The number of fused-ring (bicyclic) bond motifs is 1. The van der Waals surface area contributed by atoms with E-state index in [1.807, 2.05) is 31.9 Å². The highest BCUT2D eigenvalue weighted by atomic mass is 32.2. The minimum absolute atomic E-state index is 0.0110. The van der Waals surface area contributed by atoms with Crippen LogP contribution < -0.4 is 0 Å². The van der Waals surface area contributed by atoms with Crippen molar-refractivity contribution in [2.24, 2.45) is 11.3 Å². The van der Waals surface area contributed by atoms with Gasteiger partial charge in [0, 0.05) is 12.5 Å². The van der Waals surface area contributed by atoms with Crippen LogP contribution in [-0.2, 0) is 35.9 Å². The summed E-state index contributed by atoms with van der Waals surface area (Å²) in [5.74, 6) is -0.0110. The number of hydrogen-bond acceptors (Lipinski definition) is 7. The maximum atomic E-state index is 14.5. The first kappa shape index (κ1) is 38.0. The number of ether oxygens (including phenoxy) is 2. The van der Waals surface area contributed by atoms with E-state index < -0.39 is 29.2 Å². The van der Waals surface area contributed by atoms with Crippen LogP contribution in [0.3, 0.4) is 0 Å². The lowest BCUT2D eigenvalue weighted by atomic mass is 9.70. The highest BCUT2D eigenvalue weighted by Gasteiger charge is 2.62. The van der Waals surface area contributed by atoms with E-state index in [0.29, 0.717) is 17.5 Å². The Morgan fingerprint density at radius 1 is 1.00 bits per heavy atom. The lowest BCUT2D eigenvalue weighted by Gasteiger charge is -2.46. The molecule has 45 heavy (non-hydrogen) atoms. The van der Waals surface area contributed by atoms with Crippen molar-refractivity contribution >= 4 is 63.3 Å². The topological polar surface area (TPSA) is 57.2 Å². The molecule has 0 aromatic heterocycles. The molecule has 6 nitrogen and oxygen atoms in total. The van der Waals surface area contributed by atoms with E-state index in [4.69, 9.17) is 30.5 Å². The molecule has 1 heterocycles. The van der Waals surface area contributed by atoms with Gasteiger partial charge in [-0.1, -0.05) is 83.6 Å². The van der Waals surface area contributed by atoms with Gasteiger partial charge in [-0.3, -0.25) is 4.90 Å². The number of amides is 1. The summed E-state index contributed by atoms with van der Waals surface area (Å²) < 4.78 is 26.7. The Morgan fingerprint density at radius 3 is 2.09 bits per heavy atom. The highest BCUT2D eigenvalue weighted by Crippen LogP contribution is 2.53. The molecule has 10 heteroatoms. The van der Waals surface area contributed by atoms with Gasteiger partial charge < -0.3 is 18.3 Å². The standard InChI is InChI=1S/C35H55NO5S2Si2/c1-32(2,3)26-19-23(21-39-44(11)12)28(25-18-16-15-17-24(25)26)35(22-38-31(42)43-10)29(41-45(13)14)27(33(4,5)6)20-36(35)30(37)40-34(7,8)9/h15-19,27,29H,20-22H2,1-14H3/t27-,29?,35-/m1/s1. The van der Waals surface area contributed by atoms with Crippen LogP contribution in [-0.4, -0.2) is 64.6 Å². The first-order valence-electron chi connectivity index (χ1n) is 15.8. The average molecular weight is 690 g/mol. The van der Waals surface area contributed by atoms with Gasteiger partial charge in [-0.15, -0.1) is 0 Å². The zero-order valence-corrected chi connectivity index (χ0v) is 33.6. The molecule has 250 valence electrons. The molecule has 3 atom stereocenters. The molecule has 1 aliphatic rings. The molecule has 1 unspecified atom stereocenters. The normalized spacial score (nSPS) is 21.2. The lowest BCUT2D eigenvalue weighted by Crippen LogP contribution is -2.57. The average Bonchev–Trinajstić information content (AvgIpc) is 3.22. The van der Waals surface area contributed by atoms with Crippen LogP contribution in [0.2, 0.25) is 26.2 Å². The van der Waals surface area contributed by atoms with Crippen LogP contribution in [0, 0.1) is 11.3 Å². The molecule has 2 radical (unpaired) electrons. The molecule has 3 rings (SSSR count). The minimum Gasteiger partial charge on any atom is -0.476 e. The molecule has 2 aromatic carbocycles. The molecule has 1 fully saturated rings. The van der Waals surface area contributed by atoms with Crippen molar-refractivity contribution < 1.29 is 23.1 Å². The second-order valence-electron chi connectivity index (χ2n) is 15.6. The predicted octanol–water partition coefficient (Wildman–Crippen LogP) is 9.31. The van der Waals surface area contributed by atoms with Crippen LogP contribution in [0.5, 0.6) is 0 Å². The van der Waals surface area contributed by atoms with Gasteiger partial charge in [0.25, 0.3) is 0 Å². The third kappa shape index (κ3) is 8.73. The Hall–Kier alpha value is -1.44. The third-order valence-corrected chi connectivity index (χ3v) is 10.8. The molecular formula is C35H55NO5S2Si2. The fraction of sp³-hybridized carbons (Fsp3) is 0.657. The molecule has 1 amide bonds. The maximum Gasteiger partial charge on any atom is 0.411 e. The highest BCUT2D eigenvalue weighted by molar-refractivity contribution is 8.22. The summed E-state index contributed by atoms with van der Waals surface area (Å²) in [6.45, 7) is 28.8. The lowest BCUT2D eigenvalue weighted by molar-refractivity contribution is -0.0357. The zero-order valence-electron chi connectivity index (χ0n) is 30.0. The number of nitrogens with zero attached hydrogens (tertiary/aromatic N) is 1. The molecule has 0 saturated carbocycles. The van der Waals surface area contributed by atoms with E-state index in [2.05, 4.69) is 98.1 Å². The Morgan fingerprint density at radius 2 is 1.60 bits per heavy atom. The van der Waals surface area contributed by atoms with Crippen molar-refractivity contribution in [3.63, 3.8) is 0 Å². The van der Waals surface area contributed by atoms with Gasteiger partial charge in [-0.05, 0) is 104 Å². The number of carbonyl (C=O) groups excluding carboxylic acids is 1. The molecule has 0 bridgehead atoms. The van der Waals surface area contributed by atoms with Gasteiger partial charge in [0.15, 0.2) is 0 Å². The van der Waals surface area contributed by atoms with E-state index >= 15 is 0 Å². The number of hydrogen-bond donors (Lipinski definition) is 0. The van der Waals surface area contributed by atoms with Crippen LogP contribution >= 0.6 is 24.0 Å². The maximum absolute atomic E-state index is 14.5. The fourth-order valence-corrected chi connectivity index (χ4v) is 7.84. The Labute approximate surface area is 285 Å². The van der Waals surface area contributed by atoms with Gasteiger partial charge in [0.05, 0.1) is 12.7 Å². The Kier molecular flexibility index (Phi) is 12.1. The SMILES string of the molecule is CSC(=S)OC[C@@]1(c2c(CO[Si](C)C)cc(C(C)(C)C)c3ccccc23)C(O[Si](C)C)[C@H](C(C)(C)C)CN1C(=O)OC(C)(C)C. The summed E-state index contributed by atoms with van der Waals surface area (Å²) in [6.07, 6.45) is 1.16. The first-order chi connectivity index (χ1) is 20.6. The van der Waals surface area contributed by atoms with Gasteiger partial charge >= 0.3 is 6.09 Å². The number of benzene rings is 2. The van der Waals surface area contributed by atoms with Crippen molar-refractivity contribution in [3.05, 3.63) is 47.0 Å². The number of carbonyl (C=O) groups is 1. The predicted molar refractivity (Wildman–Crippen MR) is 197 cm³/mol. The summed E-state index contributed by atoms with van der Waals surface area (Å²) in [5.41, 5.74) is 1.22. The molecule has 0 spiro atoms. The van der Waals surface area contributed by atoms with Gasteiger partial charge in [-0.25, -0.2) is 4.79 Å². The largest absolute Gasteiger partial charge is 0.476 e. The van der Waals surface area contributed by atoms with Crippen molar-refractivity contribution in [1.82, 2.24) is 4.90 Å². The molecule has 0 aliphatic carbocycles. The van der Waals surface area contributed by atoms with Crippen LogP contribution in [0.25, 0.3) is 10.8 Å². The Balaban J connectivity index is 2.61. The molecule has 0 N–H and O–H groups in total. The minimum atomic E-state index is -1.23. The molecule has 1 aliphatic heterocycles. The van der Waals surface area contributed by atoms with Gasteiger partial charge in [0.1, 0.15) is 17.7 Å². The zero-order chi connectivity index (χ0) is 34.1. The van der Waals surface area contributed by atoms with Crippen LogP contribution in [0.15, 0.2) is 30.3 Å². The van der Waals surface area contributed by atoms with E-state index in [-0.39, 0.29) is 35.6 Å². The second-order valence-corrected chi connectivity index (χ2v) is 21.2. The molecular weight excluding hydrogens is 635 g/mol. The number of rotatable bonds is 8. The fourth-order valence-electron chi connectivity index (χ4n) is 6.30. The summed E-state index contributed by atoms with van der Waals surface area (Å²) in [5, 5.41) is 2.22. The summed E-state index contributed by atoms with van der Waals surface area (Å²) in [7, 11) is -2.26. The number of thioether (sulfide) groups is 1. The van der Waals surface area contributed by atoms with Crippen molar-refractivity contribution in [3.8, 4) is 0 Å². The van der Waals surface area contributed by atoms with Gasteiger partial charge in [0.2, 0.25) is 22.5 Å². The molecule has 2 aromatic rings. The van der Waals surface area contributed by atoms with Crippen molar-refractivity contribution in [2.45, 2.75) is 118 Å². The van der Waals surface area contributed by atoms with E-state index in [1.54, 1.807) is 0 Å². The van der Waals surface area contributed by atoms with E-state index in [1.165, 1.54) is 17.3 Å². The second kappa shape index (κ2) is 14.4. The quantitative estimate of drug-likeness (QED) is 0.202. The smallest absolute Gasteiger partial charge is 0.411 e. The summed E-state index contributed by atoms with van der Waals surface area (Å²) in [4.78, 5) is 16.5.